The Labute approximate surface area is 453 Å². The molecular formula is C67H120O6. The molecule has 73 heavy (non-hydrogen) atoms. The summed E-state index contributed by atoms with van der Waals surface area (Å²) in [5.74, 6) is -0.873. The van der Waals surface area contributed by atoms with Crippen LogP contribution in [0.1, 0.15) is 329 Å². The maximum atomic E-state index is 12.9. The first kappa shape index (κ1) is 70.1. The Hall–Kier alpha value is -2.89. The minimum absolute atomic E-state index is 0.0777. The van der Waals surface area contributed by atoms with Crippen molar-refractivity contribution in [2.24, 2.45) is 0 Å². The monoisotopic (exact) mass is 1020 g/mol. The van der Waals surface area contributed by atoms with Crippen LogP contribution in [0.2, 0.25) is 0 Å². The molecule has 0 aromatic rings. The molecule has 6 heteroatoms. The average molecular weight is 1020 g/mol. The number of ether oxygens (including phenoxy) is 3. The lowest BCUT2D eigenvalue weighted by atomic mass is 10.1. The molecule has 424 valence electrons. The van der Waals surface area contributed by atoms with E-state index in [4.69, 9.17) is 14.2 Å². The molecule has 0 aromatic carbocycles. The van der Waals surface area contributed by atoms with Crippen molar-refractivity contribution in [3.63, 3.8) is 0 Å². The molecular weight excluding hydrogens is 901 g/mol. The summed E-state index contributed by atoms with van der Waals surface area (Å²) in [7, 11) is 0. The number of unbranched alkanes of at least 4 members (excludes halogenated alkanes) is 37. The van der Waals surface area contributed by atoms with Crippen LogP contribution in [0, 0.1) is 0 Å². The van der Waals surface area contributed by atoms with Crippen LogP contribution in [-0.2, 0) is 28.6 Å². The van der Waals surface area contributed by atoms with Crippen molar-refractivity contribution in [2.75, 3.05) is 13.2 Å². The Bertz CT molecular complexity index is 1310. The predicted molar refractivity (Wildman–Crippen MR) is 316 cm³/mol. The Balaban J connectivity index is 4.38. The van der Waals surface area contributed by atoms with E-state index in [2.05, 4.69) is 81.5 Å². The number of esters is 3. The molecule has 0 unspecified atom stereocenters. The van der Waals surface area contributed by atoms with Gasteiger partial charge in [0.1, 0.15) is 13.2 Å². The van der Waals surface area contributed by atoms with E-state index in [9.17, 15) is 14.4 Å². The van der Waals surface area contributed by atoms with E-state index in [-0.39, 0.29) is 31.1 Å². The van der Waals surface area contributed by atoms with Crippen molar-refractivity contribution < 1.29 is 28.6 Å². The van der Waals surface area contributed by atoms with Gasteiger partial charge in [-0.2, -0.15) is 0 Å². The van der Waals surface area contributed by atoms with Gasteiger partial charge in [-0.25, -0.2) is 0 Å². The summed E-state index contributed by atoms with van der Waals surface area (Å²) in [5.41, 5.74) is 0. The summed E-state index contributed by atoms with van der Waals surface area (Å²) in [4.78, 5) is 38.3. The van der Waals surface area contributed by atoms with Crippen LogP contribution in [0.15, 0.2) is 60.8 Å². The zero-order valence-corrected chi connectivity index (χ0v) is 48.7. The Morgan fingerprint density at radius 3 is 0.795 bits per heavy atom. The molecule has 0 radical (unpaired) electrons. The first-order valence-electron chi connectivity index (χ1n) is 31.8. The quantitative estimate of drug-likeness (QED) is 0.0261. The Morgan fingerprint density at radius 2 is 0.493 bits per heavy atom. The van der Waals surface area contributed by atoms with E-state index < -0.39 is 6.10 Å². The second-order valence-electron chi connectivity index (χ2n) is 21.3. The van der Waals surface area contributed by atoms with Gasteiger partial charge in [-0.1, -0.05) is 261 Å². The van der Waals surface area contributed by atoms with Gasteiger partial charge in [0.05, 0.1) is 0 Å². The van der Waals surface area contributed by atoms with Crippen LogP contribution in [0.5, 0.6) is 0 Å². The van der Waals surface area contributed by atoms with E-state index in [1.807, 2.05) is 0 Å². The molecule has 0 aliphatic carbocycles. The Kier molecular flexibility index (Phi) is 59.2. The van der Waals surface area contributed by atoms with Crippen molar-refractivity contribution in [2.45, 2.75) is 335 Å². The van der Waals surface area contributed by atoms with Crippen molar-refractivity contribution in [3.05, 3.63) is 60.8 Å². The molecule has 0 fully saturated rings. The third-order valence-corrected chi connectivity index (χ3v) is 14.0. The molecule has 0 saturated carbocycles. The summed E-state index contributed by atoms with van der Waals surface area (Å²) in [5, 5.41) is 0. The number of carbonyl (C=O) groups excluding carboxylic acids is 3. The van der Waals surface area contributed by atoms with Gasteiger partial charge in [0.15, 0.2) is 6.10 Å². The third-order valence-electron chi connectivity index (χ3n) is 14.0. The van der Waals surface area contributed by atoms with Gasteiger partial charge in [0.2, 0.25) is 0 Å². The number of carbonyl (C=O) groups is 3. The van der Waals surface area contributed by atoms with Crippen LogP contribution in [0.25, 0.3) is 0 Å². The van der Waals surface area contributed by atoms with Gasteiger partial charge >= 0.3 is 17.9 Å². The van der Waals surface area contributed by atoms with Gasteiger partial charge < -0.3 is 14.2 Å². The lowest BCUT2D eigenvalue weighted by molar-refractivity contribution is -0.167. The normalized spacial score (nSPS) is 12.4. The van der Waals surface area contributed by atoms with Crippen LogP contribution in [-0.4, -0.2) is 37.2 Å². The molecule has 0 aromatic heterocycles. The molecule has 0 N–H and O–H groups in total. The maximum Gasteiger partial charge on any atom is 0.306 e. The summed E-state index contributed by atoms with van der Waals surface area (Å²) < 4.78 is 16.9. The standard InChI is InChI=1S/C67H120O6/c1-4-7-10-13-16-19-22-25-28-31-33-36-39-42-45-48-51-54-57-60-66(69)72-63-64(62-71-65(68)59-56-53-50-47-44-41-38-35-30-27-24-21-18-15-12-9-6-3)73-67(70)61-58-55-52-49-46-43-40-37-34-32-29-26-23-20-17-14-11-8-5-2/h16-17,19-20,25-30,64H,4-15,18,21-24,31-63H2,1-3H3/b19-16+,20-17+,28-25+,29-26+,30-27+/t64-/m1/s1. The van der Waals surface area contributed by atoms with Crippen molar-refractivity contribution >= 4 is 17.9 Å². The second kappa shape index (κ2) is 61.7. The summed E-state index contributed by atoms with van der Waals surface area (Å²) >= 11 is 0. The minimum atomic E-state index is -0.781. The topological polar surface area (TPSA) is 78.9 Å². The van der Waals surface area contributed by atoms with Gasteiger partial charge in [0, 0.05) is 19.3 Å². The summed E-state index contributed by atoms with van der Waals surface area (Å²) in [6.07, 6.45) is 77.8. The third kappa shape index (κ3) is 59.9. The molecule has 0 heterocycles. The van der Waals surface area contributed by atoms with E-state index in [1.54, 1.807) is 0 Å². The van der Waals surface area contributed by atoms with Crippen LogP contribution < -0.4 is 0 Å². The van der Waals surface area contributed by atoms with Crippen molar-refractivity contribution in [1.82, 2.24) is 0 Å². The first-order chi connectivity index (χ1) is 36.0. The fourth-order valence-electron chi connectivity index (χ4n) is 9.15. The predicted octanol–water partition coefficient (Wildman–Crippen LogP) is 21.6. The summed E-state index contributed by atoms with van der Waals surface area (Å²) in [6.45, 7) is 6.62. The van der Waals surface area contributed by atoms with E-state index in [1.165, 1.54) is 218 Å². The fraction of sp³-hybridized carbons (Fsp3) is 0.806. The van der Waals surface area contributed by atoms with Crippen molar-refractivity contribution in [1.29, 1.82) is 0 Å². The largest absolute Gasteiger partial charge is 0.462 e. The number of hydrogen-bond acceptors (Lipinski definition) is 6. The van der Waals surface area contributed by atoms with Gasteiger partial charge in [-0.3, -0.25) is 14.4 Å². The van der Waals surface area contributed by atoms with Crippen LogP contribution in [0.3, 0.4) is 0 Å². The number of allylic oxidation sites excluding steroid dienone is 10. The molecule has 0 bridgehead atoms. The lowest BCUT2D eigenvalue weighted by Gasteiger charge is -2.18. The molecule has 1 atom stereocenters. The molecule has 0 aliphatic heterocycles. The minimum Gasteiger partial charge on any atom is -0.462 e. The average Bonchev–Trinajstić information content (AvgIpc) is 3.39. The highest BCUT2D eigenvalue weighted by molar-refractivity contribution is 5.71. The van der Waals surface area contributed by atoms with Crippen LogP contribution >= 0.6 is 0 Å². The van der Waals surface area contributed by atoms with E-state index in [0.717, 1.165) is 70.6 Å². The van der Waals surface area contributed by atoms with E-state index in [0.29, 0.717) is 19.3 Å². The molecule has 0 rings (SSSR count). The fourth-order valence-corrected chi connectivity index (χ4v) is 9.15. The zero-order valence-electron chi connectivity index (χ0n) is 48.7. The summed E-state index contributed by atoms with van der Waals surface area (Å²) in [6, 6.07) is 0. The number of hydrogen-bond donors (Lipinski definition) is 0. The SMILES string of the molecule is CCCCC/C=C/C/C=C/CCCCCCCCCCCC(=O)OC[C@@H](COC(=O)CCCCCCCCC/C=C/CCCCCCCC)OC(=O)CCCCCCCCCCC/C=C/C/C=C/CCCCC. The molecule has 0 amide bonds. The Morgan fingerprint density at radius 1 is 0.274 bits per heavy atom. The highest BCUT2D eigenvalue weighted by atomic mass is 16.6. The highest BCUT2D eigenvalue weighted by Gasteiger charge is 2.19. The van der Waals surface area contributed by atoms with Gasteiger partial charge in [-0.15, -0.1) is 0 Å². The second-order valence-corrected chi connectivity index (χ2v) is 21.3. The lowest BCUT2D eigenvalue weighted by Crippen LogP contribution is -2.30. The smallest absolute Gasteiger partial charge is 0.306 e. The van der Waals surface area contributed by atoms with Crippen LogP contribution in [0.4, 0.5) is 0 Å². The van der Waals surface area contributed by atoms with E-state index >= 15 is 0 Å². The molecule has 0 spiro atoms. The van der Waals surface area contributed by atoms with Crippen molar-refractivity contribution in [3.8, 4) is 0 Å². The molecule has 0 saturated heterocycles. The van der Waals surface area contributed by atoms with Gasteiger partial charge in [-0.05, 0) is 109 Å². The zero-order chi connectivity index (χ0) is 52.9. The maximum absolute atomic E-state index is 12.9. The highest BCUT2D eigenvalue weighted by Crippen LogP contribution is 2.16. The molecule has 0 aliphatic rings. The number of rotatable bonds is 58. The van der Waals surface area contributed by atoms with Gasteiger partial charge in [0.25, 0.3) is 0 Å². The first-order valence-corrected chi connectivity index (χ1v) is 31.8. The molecule has 6 nitrogen and oxygen atoms in total.